The van der Waals surface area contributed by atoms with Gasteiger partial charge in [-0.3, -0.25) is 9.59 Å². The van der Waals surface area contributed by atoms with Gasteiger partial charge in [-0.1, -0.05) is 0 Å². The molecule has 2 saturated carbocycles. The van der Waals surface area contributed by atoms with Crippen LogP contribution in [0.5, 0.6) is 0 Å². The van der Waals surface area contributed by atoms with Crippen LogP contribution in [-0.2, 0) is 14.3 Å². The molecule has 0 aromatic heterocycles. The first-order valence-corrected chi connectivity index (χ1v) is 6.66. The van der Waals surface area contributed by atoms with Gasteiger partial charge in [-0.15, -0.1) is 0 Å². The largest absolute Gasteiger partial charge is 0.462 e. The fraction of sp³-hybridized carbons (Fsp3) is 0.846. The molecule has 1 saturated heterocycles. The highest BCUT2D eigenvalue weighted by Gasteiger charge is 2.64. The number of carbonyl (C=O) groups excluding carboxylic acids is 2. The first kappa shape index (κ1) is 11.1. The Hall–Kier alpha value is -1.06. The van der Waals surface area contributed by atoms with Crippen molar-refractivity contribution >= 4 is 11.9 Å². The highest BCUT2D eigenvalue weighted by atomic mass is 16.6. The maximum absolute atomic E-state index is 12.4. The Labute approximate surface area is 101 Å². The van der Waals surface area contributed by atoms with Crippen LogP contribution in [0.1, 0.15) is 26.7 Å². The van der Waals surface area contributed by atoms with E-state index in [1.54, 1.807) is 0 Å². The summed E-state index contributed by atoms with van der Waals surface area (Å²) in [6.45, 7) is 5.44. The number of hydrogen-bond acceptors (Lipinski definition) is 3. The molecule has 3 rings (SSSR count). The normalized spacial score (nSPS) is 41.8. The van der Waals surface area contributed by atoms with E-state index in [4.69, 9.17) is 4.74 Å². The van der Waals surface area contributed by atoms with Crippen LogP contribution in [0.2, 0.25) is 0 Å². The van der Waals surface area contributed by atoms with Crippen molar-refractivity contribution in [3.63, 3.8) is 0 Å². The lowest BCUT2D eigenvalue weighted by molar-refractivity contribution is -0.148. The predicted octanol–water partition coefficient (Wildman–Crippen LogP) is 1.05. The Morgan fingerprint density at radius 3 is 2.71 bits per heavy atom. The van der Waals surface area contributed by atoms with E-state index in [9.17, 15) is 9.59 Å². The maximum Gasteiger partial charge on any atom is 0.310 e. The molecule has 4 nitrogen and oxygen atoms in total. The number of carbonyl (C=O) groups is 2. The van der Waals surface area contributed by atoms with Gasteiger partial charge in [-0.2, -0.15) is 0 Å². The fourth-order valence-electron chi connectivity index (χ4n) is 4.09. The number of fused-ring (bicyclic) bond motifs is 1. The zero-order valence-corrected chi connectivity index (χ0v) is 10.4. The minimum absolute atomic E-state index is 0.0915. The molecule has 17 heavy (non-hydrogen) atoms. The number of hydrogen-bond donors (Lipinski definition) is 0. The molecule has 2 bridgehead atoms. The molecule has 1 amide bonds. The summed E-state index contributed by atoms with van der Waals surface area (Å²) in [6, 6.07) is 0. The lowest BCUT2D eigenvalue weighted by atomic mass is 9.79. The first-order chi connectivity index (χ1) is 8.17. The van der Waals surface area contributed by atoms with Gasteiger partial charge in [0.25, 0.3) is 0 Å². The lowest BCUT2D eigenvalue weighted by Crippen LogP contribution is -2.42. The second-order valence-corrected chi connectivity index (χ2v) is 5.43. The molecule has 1 aliphatic heterocycles. The van der Waals surface area contributed by atoms with Gasteiger partial charge in [0, 0.05) is 19.0 Å². The van der Waals surface area contributed by atoms with E-state index in [1.165, 1.54) is 0 Å². The smallest absolute Gasteiger partial charge is 0.310 e. The highest BCUT2D eigenvalue weighted by Crippen LogP contribution is 2.58. The van der Waals surface area contributed by atoms with Crippen molar-refractivity contribution < 1.29 is 14.3 Å². The lowest BCUT2D eigenvalue weighted by Gasteiger charge is -2.29. The van der Waals surface area contributed by atoms with Crippen LogP contribution in [0.25, 0.3) is 0 Å². The molecule has 0 radical (unpaired) electrons. The molecule has 4 heteroatoms. The second kappa shape index (κ2) is 3.72. The number of rotatable bonds is 3. The van der Waals surface area contributed by atoms with Crippen molar-refractivity contribution in [3.05, 3.63) is 0 Å². The SMILES string of the molecule is CCN(CC)C(=O)[C@H]1[C@H]2C[C@@H]3[C@@H]1C(=O)O[C@@H]3C2. The molecule has 0 unspecified atom stereocenters. The number of esters is 1. The van der Waals surface area contributed by atoms with Crippen LogP contribution in [0.15, 0.2) is 0 Å². The standard InChI is InChI=1S/C13H19NO3/c1-3-14(4-2)12(15)10-7-5-8-9(6-7)17-13(16)11(8)10/h7-11H,3-6H2,1-2H3/t7-,8-,9+,10-,11-/m0/s1. The van der Waals surface area contributed by atoms with Crippen molar-refractivity contribution in [1.29, 1.82) is 0 Å². The summed E-state index contributed by atoms with van der Waals surface area (Å²) < 4.78 is 5.36. The fourth-order valence-corrected chi connectivity index (χ4v) is 4.09. The monoisotopic (exact) mass is 237 g/mol. The van der Waals surface area contributed by atoms with Crippen LogP contribution < -0.4 is 0 Å². The molecule has 3 aliphatic rings. The van der Waals surface area contributed by atoms with E-state index in [-0.39, 0.29) is 29.8 Å². The van der Waals surface area contributed by atoms with Crippen LogP contribution in [0.4, 0.5) is 0 Å². The van der Waals surface area contributed by atoms with Crippen molar-refractivity contribution in [2.45, 2.75) is 32.8 Å². The quantitative estimate of drug-likeness (QED) is 0.689. The zero-order chi connectivity index (χ0) is 12.2. The molecule has 3 fully saturated rings. The molecule has 5 atom stereocenters. The van der Waals surface area contributed by atoms with E-state index in [0.717, 1.165) is 25.9 Å². The Morgan fingerprint density at radius 2 is 2.06 bits per heavy atom. The van der Waals surface area contributed by atoms with Crippen LogP contribution >= 0.6 is 0 Å². The van der Waals surface area contributed by atoms with E-state index < -0.39 is 0 Å². The van der Waals surface area contributed by atoms with Gasteiger partial charge in [0.05, 0.1) is 11.8 Å². The van der Waals surface area contributed by atoms with Gasteiger partial charge in [-0.25, -0.2) is 0 Å². The summed E-state index contributed by atoms with van der Waals surface area (Å²) in [5, 5.41) is 0. The average molecular weight is 237 g/mol. The third kappa shape index (κ3) is 1.36. The molecular weight excluding hydrogens is 218 g/mol. The van der Waals surface area contributed by atoms with E-state index >= 15 is 0 Å². The molecule has 1 heterocycles. The van der Waals surface area contributed by atoms with Gasteiger partial charge in [0.15, 0.2) is 0 Å². The highest BCUT2D eigenvalue weighted by molar-refractivity contribution is 5.88. The van der Waals surface area contributed by atoms with Crippen molar-refractivity contribution in [1.82, 2.24) is 4.90 Å². The molecule has 0 aromatic rings. The van der Waals surface area contributed by atoms with Crippen LogP contribution in [-0.4, -0.2) is 36.0 Å². The molecule has 0 aromatic carbocycles. The van der Waals surface area contributed by atoms with E-state index in [0.29, 0.717) is 11.8 Å². The second-order valence-electron chi connectivity index (χ2n) is 5.43. The summed E-state index contributed by atoms with van der Waals surface area (Å²) in [5.41, 5.74) is 0. The Balaban J connectivity index is 1.85. The topological polar surface area (TPSA) is 46.6 Å². The summed E-state index contributed by atoms with van der Waals surface area (Å²) in [6.07, 6.45) is 2.04. The molecule has 0 N–H and O–H groups in total. The first-order valence-electron chi connectivity index (χ1n) is 6.66. The van der Waals surface area contributed by atoms with Gasteiger partial charge in [0.2, 0.25) is 5.91 Å². The third-order valence-corrected chi connectivity index (χ3v) is 4.84. The summed E-state index contributed by atoms with van der Waals surface area (Å²) in [4.78, 5) is 26.1. The van der Waals surface area contributed by atoms with Crippen molar-refractivity contribution in [3.8, 4) is 0 Å². The van der Waals surface area contributed by atoms with E-state index in [1.807, 2.05) is 18.7 Å². The van der Waals surface area contributed by atoms with E-state index in [2.05, 4.69) is 0 Å². The number of nitrogens with zero attached hydrogens (tertiary/aromatic N) is 1. The number of amides is 1. The van der Waals surface area contributed by atoms with Crippen molar-refractivity contribution in [2.75, 3.05) is 13.1 Å². The van der Waals surface area contributed by atoms with Crippen LogP contribution in [0.3, 0.4) is 0 Å². The third-order valence-electron chi connectivity index (χ3n) is 4.84. The summed E-state index contributed by atoms with van der Waals surface area (Å²) in [7, 11) is 0. The van der Waals surface area contributed by atoms with Gasteiger partial charge in [0.1, 0.15) is 6.10 Å². The Morgan fingerprint density at radius 1 is 1.35 bits per heavy atom. The summed E-state index contributed by atoms with van der Waals surface area (Å²) in [5.74, 6) is 0.542. The Kier molecular flexibility index (Phi) is 2.42. The zero-order valence-electron chi connectivity index (χ0n) is 10.4. The van der Waals surface area contributed by atoms with Gasteiger partial charge < -0.3 is 9.64 Å². The van der Waals surface area contributed by atoms with Gasteiger partial charge >= 0.3 is 5.97 Å². The predicted molar refractivity (Wildman–Crippen MR) is 61.0 cm³/mol. The minimum Gasteiger partial charge on any atom is -0.462 e. The Bertz CT molecular complexity index is 362. The summed E-state index contributed by atoms with van der Waals surface area (Å²) >= 11 is 0. The minimum atomic E-state index is -0.133. The molecule has 94 valence electrons. The molecule has 2 aliphatic carbocycles. The average Bonchev–Trinajstić information content (AvgIpc) is 2.90. The van der Waals surface area contributed by atoms with Gasteiger partial charge in [-0.05, 0) is 32.6 Å². The molecule has 0 spiro atoms. The van der Waals surface area contributed by atoms with Crippen LogP contribution in [0, 0.1) is 23.7 Å². The molecular formula is C13H19NO3. The number of ether oxygens (including phenoxy) is 1. The maximum atomic E-state index is 12.4. The van der Waals surface area contributed by atoms with Crippen molar-refractivity contribution in [2.24, 2.45) is 23.7 Å².